The van der Waals surface area contributed by atoms with Crippen LogP contribution in [0.25, 0.3) is 0 Å². The molecule has 0 fully saturated rings. The number of carboxylic acids is 2. The van der Waals surface area contributed by atoms with Crippen LogP contribution in [0.1, 0.15) is 0 Å². The molecule has 0 amide bonds. The average molecular weight is 445 g/mol. The van der Waals surface area contributed by atoms with Crippen molar-refractivity contribution in [2.45, 2.75) is 7.59 Å². The molecule has 15 heavy (non-hydrogen) atoms. The molecule has 11 heteroatoms. The Labute approximate surface area is 132 Å². The second-order valence-corrected chi connectivity index (χ2v) is 6.13. The first kappa shape index (κ1) is 21.7. The van der Waals surface area contributed by atoms with Crippen molar-refractivity contribution < 1.29 is 19.8 Å². The van der Waals surface area contributed by atoms with E-state index in [1.54, 1.807) is 0 Å². The van der Waals surface area contributed by atoms with Crippen molar-refractivity contribution in [2.24, 2.45) is 0 Å². The molecule has 0 aromatic heterocycles. The molecule has 4 nitrogen and oxygen atoms in total. The van der Waals surface area contributed by atoms with Gasteiger partial charge in [0.25, 0.3) is 0 Å². The van der Waals surface area contributed by atoms with Gasteiger partial charge in [0.15, 0.2) is 0 Å². The van der Waals surface area contributed by atoms with E-state index >= 15 is 0 Å². The molecule has 0 unspecified atom stereocenters. The summed E-state index contributed by atoms with van der Waals surface area (Å²) in [6, 6.07) is 0. The van der Waals surface area contributed by atoms with Crippen molar-refractivity contribution in [1.82, 2.24) is 0 Å². The first-order valence-corrected chi connectivity index (χ1v) is 4.72. The SMILES string of the molecule is O=C([O-])C(Cl)(Cl)Cl.O=C([O-])C(Cl)(Cl)Cl.[SnH2+2]. The van der Waals surface area contributed by atoms with Crippen LogP contribution in [0.2, 0.25) is 0 Å². The minimum absolute atomic E-state index is 0. The van der Waals surface area contributed by atoms with Gasteiger partial charge in [0.2, 0.25) is 7.59 Å². The molecule has 0 aliphatic carbocycles. The Balaban J connectivity index is -0.000000180. The molecule has 0 heterocycles. The maximum absolute atomic E-state index is 9.51. The molecule has 0 aliphatic rings. The van der Waals surface area contributed by atoms with E-state index < -0.39 is 19.5 Å². The van der Waals surface area contributed by atoms with Crippen LogP contribution >= 0.6 is 69.6 Å². The molecule has 0 aromatic rings. The monoisotopic (exact) mass is 444 g/mol. The van der Waals surface area contributed by atoms with E-state index in [1.165, 1.54) is 0 Å². The van der Waals surface area contributed by atoms with Crippen LogP contribution in [-0.2, 0) is 9.59 Å². The van der Waals surface area contributed by atoms with Crippen molar-refractivity contribution in [3.05, 3.63) is 0 Å². The maximum atomic E-state index is 9.51. The Hall–Kier alpha value is 1.48. The summed E-state index contributed by atoms with van der Waals surface area (Å²) in [5, 5.41) is 19.0. The van der Waals surface area contributed by atoms with Gasteiger partial charge in [-0.1, -0.05) is 69.6 Å². The van der Waals surface area contributed by atoms with E-state index in [4.69, 9.17) is 69.6 Å². The van der Waals surface area contributed by atoms with Crippen LogP contribution in [0.15, 0.2) is 0 Å². The third kappa shape index (κ3) is 15.5. The molecule has 0 atom stereocenters. The molecule has 0 saturated heterocycles. The quantitative estimate of drug-likeness (QED) is 0.365. The van der Waals surface area contributed by atoms with Gasteiger partial charge in [0.05, 0.1) is 11.9 Å². The zero-order chi connectivity index (χ0) is 12.2. The third-order valence-electron chi connectivity index (χ3n) is 0.463. The minimum atomic E-state index is -2.28. The van der Waals surface area contributed by atoms with Gasteiger partial charge in [0, 0.05) is 0 Å². The van der Waals surface area contributed by atoms with Crippen molar-refractivity contribution in [2.75, 3.05) is 0 Å². The fourth-order valence-electron chi connectivity index (χ4n) is 0. The van der Waals surface area contributed by atoms with Gasteiger partial charge in [0.1, 0.15) is 0 Å². The number of hydrogen-bond acceptors (Lipinski definition) is 4. The van der Waals surface area contributed by atoms with Crippen LogP contribution < -0.4 is 10.2 Å². The number of carbonyl (C=O) groups excluding carboxylic acids is 2. The molecule has 0 radical (unpaired) electrons. The summed E-state index contributed by atoms with van der Waals surface area (Å²) in [6.07, 6.45) is 0. The predicted octanol–water partition coefficient (Wildman–Crippen LogP) is -0.703. The fraction of sp³-hybridized carbons (Fsp3) is 0.500. The van der Waals surface area contributed by atoms with Crippen LogP contribution in [0, 0.1) is 0 Å². The molecule has 88 valence electrons. The van der Waals surface area contributed by atoms with Crippen LogP contribution in [0.3, 0.4) is 0 Å². The zero-order valence-corrected chi connectivity index (χ0v) is 15.2. The van der Waals surface area contributed by atoms with Gasteiger partial charge in [-0.25, -0.2) is 0 Å². The topological polar surface area (TPSA) is 80.3 Å². The molecular formula is C4H2Cl6O4Sn. The van der Waals surface area contributed by atoms with Gasteiger partial charge in [-0.3, -0.25) is 0 Å². The second-order valence-electron chi connectivity index (χ2n) is 1.57. The number of alkyl halides is 6. The number of rotatable bonds is 0. The van der Waals surface area contributed by atoms with Gasteiger partial charge in [-0.2, -0.15) is 0 Å². The molecule has 0 saturated carbocycles. The number of hydrogen-bond donors (Lipinski definition) is 0. The standard InChI is InChI=1S/2C2HCl3O2.Sn.2H/c2*3-2(4,5)1(6)7;;;/h2*(H,6,7);;;/q;;+2;;/p-2. The number of carboxylic acid groups (broad SMARTS) is 2. The van der Waals surface area contributed by atoms with Crippen molar-refractivity contribution >= 4 is 105 Å². The number of halogens is 6. The van der Waals surface area contributed by atoms with Crippen molar-refractivity contribution in [3.8, 4) is 0 Å². The Morgan fingerprint density at radius 1 is 0.733 bits per heavy atom. The molecule has 0 rings (SSSR count). The van der Waals surface area contributed by atoms with E-state index in [2.05, 4.69) is 0 Å². The summed E-state index contributed by atoms with van der Waals surface area (Å²) in [7, 11) is 0. The van der Waals surface area contributed by atoms with Gasteiger partial charge in [-0.15, -0.1) is 0 Å². The van der Waals surface area contributed by atoms with Crippen LogP contribution in [0.4, 0.5) is 0 Å². The molecular weight excluding hydrogens is 443 g/mol. The van der Waals surface area contributed by atoms with E-state index in [0.717, 1.165) is 0 Å². The summed E-state index contributed by atoms with van der Waals surface area (Å²) >= 11 is 28.4. The van der Waals surface area contributed by atoms with E-state index in [-0.39, 0.29) is 23.9 Å². The number of aliphatic carboxylic acids is 2. The molecule has 0 N–H and O–H groups in total. The first-order valence-electron chi connectivity index (χ1n) is 2.45. The third-order valence-corrected chi connectivity index (χ3v) is 1.39. The predicted molar refractivity (Wildman–Crippen MR) is 59.1 cm³/mol. The molecule has 0 aromatic carbocycles. The second kappa shape index (κ2) is 8.55. The zero-order valence-electron chi connectivity index (χ0n) is 6.61. The summed E-state index contributed by atoms with van der Waals surface area (Å²) in [6.45, 7) is 0. The average Bonchev–Trinajstić information content (AvgIpc) is 1.83. The van der Waals surface area contributed by atoms with Crippen LogP contribution in [-0.4, -0.2) is 43.4 Å². The Kier molecular flexibility index (Phi) is 12.4. The van der Waals surface area contributed by atoms with Crippen molar-refractivity contribution in [1.29, 1.82) is 0 Å². The van der Waals surface area contributed by atoms with Gasteiger partial charge in [-0.05, 0) is 0 Å². The number of carbonyl (C=O) groups is 2. The summed E-state index contributed by atoms with van der Waals surface area (Å²) in [4.78, 5) is 19.0. The molecule has 0 spiro atoms. The Morgan fingerprint density at radius 2 is 0.800 bits per heavy atom. The summed E-state index contributed by atoms with van der Waals surface area (Å²) in [5.74, 6) is -3.42. The van der Waals surface area contributed by atoms with Gasteiger partial charge >= 0.3 is 23.9 Å². The van der Waals surface area contributed by atoms with E-state index in [1.807, 2.05) is 0 Å². The van der Waals surface area contributed by atoms with Gasteiger partial charge < -0.3 is 19.8 Å². The molecule has 0 aliphatic heterocycles. The van der Waals surface area contributed by atoms with Crippen molar-refractivity contribution in [3.63, 3.8) is 0 Å². The summed E-state index contributed by atoms with van der Waals surface area (Å²) in [5.41, 5.74) is 0. The normalized spacial score (nSPS) is 10.5. The fourth-order valence-corrected chi connectivity index (χ4v) is 0. The Bertz CT molecular complexity index is 196. The van der Waals surface area contributed by atoms with E-state index in [0.29, 0.717) is 0 Å². The summed E-state index contributed by atoms with van der Waals surface area (Å²) < 4.78 is -4.56. The Morgan fingerprint density at radius 3 is 0.800 bits per heavy atom. The first-order chi connectivity index (χ1) is 5.89. The molecule has 0 bridgehead atoms. The van der Waals surface area contributed by atoms with E-state index in [9.17, 15) is 19.8 Å². The van der Waals surface area contributed by atoms with Crippen LogP contribution in [0.5, 0.6) is 0 Å².